The average Bonchev–Trinajstić information content (AvgIpc) is 3.20. The lowest BCUT2D eigenvalue weighted by atomic mass is 10.2. The molecular weight excluding hydrogens is 380 g/mol. The average molecular weight is 399 g/mol. The van der Waals surface area contributed by atoms with E-state index in [1.54, 1.807) is 29.4 Å². The fraction of sp³-hybridized carbons (Fsp3) is 0.143. The molecule has 144 valence electrons. The topological polar surface area (TPSA) is 85.8 Å². The van der Waals surface area contributed by atoms with Crippen LogP contribution in [0.25, 0.3) is 0 Å². The van der Waals surface area contributed by atoms with Gasteiger partial charge in [-0.2, -0.15) is 0 Å². The molecule has 7 heteroatoms. The van der Waals surface area contributed by atoms with Gasteiger partial charge in [-0.1, -0.05) is 41.9 Å². The minimum absolute atomic E-state index is 0.126. The van der Waals surface area contributed by atoms with Gasteiger partial charge in [0, 0.05) is 11.6 Å². The van der Waals surface area contributed by atoms with E-state index in [0.717, 1.165) is 5.56 Å². The van der Waals surface area contributed by atoms with E-state index in [1.165, 1.54) is 12.1 Å². The number of carbonyl (C=O) groups excluding carboxylic acids is 2. The van der Waals surface area contributed by atoms with Crippen LogP contribution in [0.3, 0.4) is 0 Å². The molecule has 0 aliphatic heterocycles. The first-order chi connectivity index (χ1) is 13.5. The van der Waals surface area contributed by atoms with Crippen molar-refractivity contribution in [1.29, 1.82) is 0 Å². The number of amides is 2. The molecule has 0 unspecified atom stereocenters. The molecule has 3 aromatic rings. The molecule has 0 aliphatic carbocycles. The molecule has 2 aromatic carbocycles. The molecule has 0 spiro atoms. The van der Waals surface area contributed by atoms with Crippen LogP contribution in [-0.2, 0) is 17.9 Å². The van der Waals surface area contributed by atoms with E-state index in [2.05, 4.69) is 0 Å². The summed E-state index contributed by atoms with van der Waals surface area (Å²) in [6, 6.07) is 17.7. The number of halogens is 1. The van der Waals surface area contributed by atoms with Crippen LogP contribution >= 0.6 is 11.6 Å². The summed E-state index contributed by atoms with van der Waals surface area (Å²) in [5.41, 5.74) is 6.46. The van der Waals surface area contributed by atoms with Crippen molar-refractivity contribution in [2.24, 2.45) is 5.73 Å². The zero-order valence-electron chi connectivity index (χ0n) is 15.0. The number of nitrogens with zero attached hydrogens (tertiary/aromatic N) is 1. The van der Waals surface area contributed by atoms with E-state index in [9.17, 15) is 9.59 Å². The number of nitrogens with two attached hydrogens (primary N) is 1. The first kappa shape index (κ1) is 19.5. The lowest BCUT2D eigenvalue weighted by Crippen LogP contribution is -2.34. The molecule has 0 saturated heterocycles. The number of primary amides is 1. The van der Waals surface area contributed by atoms with Crippen LogP contribution < -0.4 is 10.5 Å². The molecule has 2 amide bonds. The molecule has 2 N–H and O–H groups in total. The minimum Gasteiger partial charge on any atom is -0.483 e. The molecule has 3 rings (SSSR count). The summed E-state index contributed by atoms with van der Waals surface area (Å²) in [4.78, 5) is 26.0. The highest BCUT2D eigenvalue weighted by Gasteiger charge is 2.18. The van der Waals surface area contributed by atoms with Gasteiger partial charge in [0.05, 0.1) is 18.4 Å². The van der Waals surface area contributed by atoms with Gasteiger partial charge in [0.25, 0.3) is 11.8 Å². The highest BCUT2D eigenvalue weighted by atomic mass is 35.5. The Morgan fingerprint density at radius 3 is 2.50 bits per heavy atom. The summed E-state index contributed by atoms with van der Waals surface area (Å²) < 4.78 is 10.9. The molecule has 0 atom stereocenters. The lowest BCUT2D eigenvalue weighted by Gasteiger charge is -2.22. The predicted octanol–water partition coefficient (Wildman–Crippen LogP) is 3.64. The van der Waals surface area contributed by atoms with E-state index in [1.807, 2.05) is 30.3 Å². The minimum atomic E-state index is -0.679. The fourth-order valence-corrected chi connectivity index (χ4v) is 2.85. The van der Waals surface area contributed by atoms with E-state index >= 15 is 0 Å². The molecule has 1 aromatic heterocycles. The number of hydrogen-bond donors (Lipinski definition) is 1. The Hall–Kier alpha value is -3.25. The first-order valence-corrected chi connectivity index (χ1v) is 8.97. The van der Waals surface area contributed by atoms with E-state index in [-0.39, 0.29) is 23.8 Å². The van der Waals surface area contributed by atoms with Gasteiger partial charge in [-0.05, 0) is 35.9 Å². The van der Waals surface area contributed by atoms with Crippen molar-refractivity contribution >= 4 is 23.4 Å². The molecule has 0 saturated carbocycles. The maximum atomic E-state index is 12.8. The number of hydrogen-bond acceptors (Lipinski definition) is 4. The third-order valence-corrected chi connectivity index (χ3v) is 4.29. The number of ether oxygens (including phenoxy) is 1. The van der Waals surface area contributed by atoms with Crippen LogP contribution in [0.5, 0.6) is 5.75 Å². The fourth-order valence-electron chi connectivity index (χ4n) is 2.68. The Kier molecular flexibility index (Phi) is 6.34. The monoisotopic (exact) mass is 398 g/mol. The first-order valence-electron chi connectivity index (χ1n) is 8.59. The van der Waals surface area contributed by atoms with Gasteiger partial charge in [-0.3, -0.25) is 9.59 Å². The zero-order valence-corrected chi connectivity index (χ0v) is 15.8. The van der Waals surface area contributed by atoms with E-state index in [4.69, 9.17) is 26.5 Å². The Morgan fingerprint density at radius 1 is 1.04 bits per heavy atom. The van der Waals surface area contributed by atoms with Gasteiger partial charge in [-0.25, -0.2) is 0 Å². The van der Waals surface area contributed by atoms with Gasteiger partial charge in [-0.15, -0.1) is 0 Å². The third kappa shape index (κ3) is 5.14. The Morgan fingerprint density at radius 2 is 1.82 bits per heavy atom. The maximum absolute atomic E-state index is 12.8. The number of furan rings is 1. The Labute approximate surface area is 167 Å². The quantitative estimate of drug-likeness (QED) is 0.627. The van der Waals surface area contributed by atoms with Crippen molar-refractivity contribution in [2.75, 3.05) is 6.61 Å². The smallest absolute Gasteiger partial charge is 0.261 e. The van der Waals surface area contributed by atoms with Crippen LogP contribution in [0.4, 0.5) is 0 Å². The van der Waals surface area contributed by atoms with Crippen LogP contribution in [0, 0.1) is 0 Å². The van der Waals surface area contributed by atoms with Crippen molar-refractivity contribution in [3.8, 4) is 5.75 Å². The van der Waals surface area contributed by atoms with Gasteiger partial charge >= 0.3 is 0 Å². The molecule has 28 heavy (non-hydrogen) atoms. The molecular formula is C21H19ClN2O4. The van der Waals surface area contributed by atoms with Gasteiger partial charge < -0.3 is 19.8 Å². The van der Waals surface area contributed by atoms with Crippen LogP contribution in [0.15, 0.2) is 71.3 Å². The van der Waals surface area contributed by atoms with E-state index < -0.39 is 5.91 Å². The third-order valence-electron chi connectivity index (χ3n) is 4.05. The zero-order chi connectivity index (χ0) is 19.9. The van der Waals surface area contributed by atoms with Crippen molar-refractivity contribution < 1.29 is 18.7 Å². The largest absolute Gasteiger partial charge is 0.483 e. The van der Waals surface area contributed by atoms with Crippen molar-refractivity contribution in [3.63, 3.8) is 0 Å². The number of benzene rings is 2. The molecule has 0 fully saturated rings. The van der Waals surface area contributed by atoms with E-state index in [0.29, 0.717) is 23.9 Å². The number of rotatable bonds is 8. The van der Waals surface area contributed by atoms with Crippen LogP contribution in [-0.4, -0.2) is 23.3 Å². The number of carbonyl (C=O) groups is 2. The van der Waals surface area contributed by atoms with Gasteiger partial charge in [0.2, 0.25) is 0 Å². The summed E-state index contributed by atoms with van der Waals surface area (Å²) in [6.45, 7) is 0.440. The summed E-state index contributed by atoms with van der Waals surface area (Å²) in [6.07, 6.45) is 1.56. The molecule has 6 nitrogen and oxygen atoms in total. The van der Waals surface area contributed by atoms with Crippen LogP contribution in [0.1, 0.15) is 21.7 Å². The summed E-state index contributed by atoms with van der Waals surface area (Å²) in [5.74, 6) is -0.0659. The molecule has 0 bridgehead atoms. The van der Waals surface area contributed by atoms with Gasteiger partial charge in [0.1, 0.15) is 11.5 Å². The Bertz CT molecular complexity index is 942. The molecule has 1 heterocycles. The van der Waals surface area contributed by atoms with Crippen LogP contribution in [0.2, 0.25) is 5.02 Å². The lowest BCUT2D eigenvalue weighted by molar-refractivity contribution is -0.134. The van der Waals surface area contributed by atoms with Crippen molar-refractivity contribution in [1.82, 2.24) is 4.90 Å². The second-order valence-corrected chi connectivity index (χ2v) is 6.54. The summed E-state index contributed by atoms with van der Waals surface area (Å²) in [5, 5.41) is 0.357. The van der Waals surface area contributed by atoms with Crippen molar-refractivity contribution in [3.05, 3.63) is 88.8 Å². The summed E-state index contributed by atoms with van der Waals surface area (Å²) >= 11 is 5.89. The second kappa shape index (κ2) is 9.10. The normalized spacial score (nSPS) is 10.5. The molecule has 0 radical (unpaired) electrons. The van der Waals surface area contributed by atoms with Gasteiger partial charge in [0.15, 0.2) is 6.61 Å². The second-order valence-electron chi connectivity index (χ2n) is 6.11. The van der Waals surface area contributed by atoms with Crippen molar-refractivity contribution in [2.45, 2.75) is 13.1 Å². The highest BCUT2D eigenvalue weighted by Crippen LogP contribution is 2.23. The standard InChI is InChI=1S/C21H19ClN2O4/c22-16-8-9-19(18(11-16)21(23)26)28-14-20(25)24(13-17-7-4-10-27-17)12-15-5-2-1-3-6-15/h1-11H,12-14H2,(H2,23,26). The Balaban J connectivity index is 1.73. The molecule has 0 aliphatic rings. The SMILES string of the molecule is NC(=O)c1cc(Cl)ccc1OCC(=O)N(Cc1ccccc1)Cc1ccco1. The summed E-state index contributed by atoms with van der Waals surface area (Å²) in [7, 11) is 0. The highest BCUT2D eigenvalue weighted by molar-refractivity contribution is 6.31. The predicted molar refractivity (Wildman–Crippen MR) is 105 cm³/mol. The maximum Gasteiger partial charge on any atom is 0.261 e.